The average molecular weight is 404 g/mol. The lowest BCUT2D eigenvalue weighted by Gasteiger charge is -2.25. The quantitative estimate of drug-likeness (QED) is 0.677. The van der Waals surface area contributed by atoms with Crippen molar-refractivity contribution in [1.82, 2.24) is 10.1 Å². The molecule has 0 saturated heterocycles. The van der Waals surface area contributed by atoms with Gasteiger partial charge in [0.25, 0.3) is 5.91 Å². The molecule has 1 aliphatic heterocycles. The van der Waals surface area contributed by atoms with E-state index in [1.165, 1.54) is 22.3 Å². The highest BCUT2D eigenvalue weighted by molar-refractivity contribution is 6.01. The second-order valence-electron chi connectivity index (χ2n) is 8.75. The van der Waals surface area contributed by atoms with E-state index in [1.807, 2.05) is 6.07 Å². The zero-order valence-electron chi connectivity index (χ0n) is 18.4. The van der Waals surface area contributed by atoms with Gasteiger partial charge >= 0.3 is 0 Å². The summed E-state index contributed by atoms with van der Waals surface area (Å²) in [7, 11) is 2.13. The summed E-state index contributed by atoms with van der Waals surface area (Å²) in [6.45, 7) is 10.5. The van der Waals surface area contributed by atoms with E-state index < -0.39 is 5.91 Å². The minimum Gasteiger partial charge on any atom is -0.363 e. The highest BCUT2D eigenvalue weighted by Crippen LogP contribution is 2.39. The monoisotopic (exact) mass is 403 g/mol. The molecule has 0 spiro atoms. The van der Waals surface area contributed by atoms with Gasteiger partial charge in [0, 0.05) is 18.7 Å². The number of aromatic nitrogens is 1. The molecule has 5 nitrogen and oxygen atoms in total. The van der Waals surface area contributed by atoms with Gasteiger partial charge in [0.1, 0.15) is 5.69 Å². The number of likely N-dealkylation sites (N-methyl/N-ethyl adjacent to an activating group) is 1. The number of carbonyl (C=O) groups is 1. The first-order valence-electron chi connectivity index (χ1n) is 10.5. The van der Waals surface area contributed by atoms with Gasteiger partial charge in [-0.15, -0.1) is 0 Å². The lowest BCUT2D eigenvalue weighted by Crippen LogP contribution is -2.26. The Morgan fingerprint density at radius 3 is 2.60 bits per heavy atom. The van der Waals surface area contributed by atoms with Crippen molar-refractivity contribution in [2.45, 2.75) is 46.6 Å². The van der Waals surface area contributed by atoms with E-state index in [9.17, 15) is 4.79 Å². The largest absolute Gasteiger partial charge is 0.363 e. The molecule has 2 N–H and O–H groups in total. The van der Waals surface area contributed by atoms with Crippen molar-refractivity contribution in [1.29, 1.82) is 0 Å². The second kappa shape index (κ2) is 7.73. The number of amides is 1. The number of hydrogen-bond donors (Lipinski definition) is 1. The molecule has 1 aromatic heterocycles. The minimum absolute atomic E-state index is 0.115. The molecule has 4 rings (SSSR count). The highest BCUT2D eigenvalue weighted by Gasteiger charge is 2.26. The van der Waals surface area contributed by atoms with E-state index in [0.29, 0.717) is 17.2 Å². The topological polar surface area (TPSA) is 72.4 Å². The molecule has 0 unspecified atom stereocenters. The summed E-state index contributed by atoms with van der Waals surface area (Å²) in [6, 6.07) is 10.7. The molecule has 30 heavy (non-hydrogen) atoms. The van der Waals surface area contributed by atoms with Crippen LogP contribution in [0.3, 0.4) is 0 Å². The van der Waals surface area contributed by atoms with E-state index in [4.69, 9.17) is 10.3 Å². The Balaban J connectivity index is 1.92. The highest BCUT2D eigenvalue weighted by atomic mass is 16.5. The fourth-order valence-corrected chi connectivity index (χ4v) is 4.51. The van der Waals surface area contributed by atoms with Gasteiger partial charge in [-0.3, -0.25) is 4.79 Å². The van der Waals surface area contributed by atoms with Crippen LogP contribution in [0.5, 0.6) is 0 Å². The number of nitrogens with zero attached hydrogens (tertiary/aromatic N) is 2. The number of rotatable bonds is 4. The molecule has 0 saturated carbocycles. The van der Waals surface area contributed by atoms with Crippen molar-refractivity contribution in [3.63, 3.8) is 0 Å². The van der Waals surface area contributed by atoms with Crippen LogP contribution in [0.15, 0.2) is 34.9 Å². The Morgan fingerprint density at radius 1 is 1.13 bits per heavy atom. The number of carbonyl (C=O) groups excluding carboxylic acids is 1. The number of benzene rings is 2. The van der Waals surface area contributed by atoms with Crippen molar-refractivity contribution in [3.8, 4) is 22.4 Å². The lowest BCUT2D eigenvalue weighted by molar-refractivity contribution is 0.0966. The molecule has 2 heterocycles. The van der Waals surface area contributed by atoms with Crippen LogP contribution in [0.1, 0.15) is 58.1 Å². The first-order chi connectivity index (χ1) is 14.3. The molecule has 0 radical (unpaired) electrons. The number of hydrogen-bond acceptors (Lipinski definition) is 4. The van der Waals surface area contributed by atoms with E-state index in [2.05, 4.69) is 69.1 Å². The molecule has 5 heteroatoms. The molecule has 156 valence electrons. The summed E-state index contributed by atoms with van der Waals surface area (Å²) in [5.41, 5.74) is 15.2. The molecule has 2 aromatic carbocycles. The van der Waals surface area contributed by atoms with Gasteiger partial charge in [0.05, 0.1) is 5.56 Å². The average Bonchev–Trinajstić information content (AvgIpc) is 3.12. The number of aryl methyl sites for hydroxylation is 2. The van der Waals surface area contributed by atoms with Gasteiger partial charge in [-0.2, -0.15) is 0 Å². The van der Waals surface area contributed by atoms with Crippen LogP contribution in [-0.2, 0) is 13.0 Å². The van der Waals surface area contributed by atoms with E-state index in [-0.39, 0.29) is 5.76 Å². The fraction of sp³-hybridized carbons (Fsp3) is 0.360. The molecule has 1 aliphatic rings. The predicted molar refractivity (Wildman–Crippen MR) is 119 cm³/mol. The molecular formula is C25H29N3O2. The first-order valence-corrected chi connectivity index (χ1v) is 10.5. The standard InChI is InChI=1S/C25H29N3O2/c1-14(2)20-12-21(16(4)10-15(20)3)23-22(24(25(26)29)30-27-23)18-6-7-19-13-28(5)9-8-17(19)11-18/h6-7,10-12,14H,8-9,13H2,1-5H3,(H2,26,29). The van der Waals surface area contributed by atoms with Crippen LogP contribution in [-0.4, -0.2) is 29.6 Å². The van der Waals surface area contributed by atoms with Gasteiger partial charge in [-0.05, 0) is 72.7 Å². The predicted octanol–water partition coefficient (Wildman–Crippen LogP) is 4.84. The summed E-state index contributed by atoms with van der Waals surface area (Å²) in [5, 5.41) is 4.32. The Labute approximate surface area is 177 Å². The third-order valence-electron chi connectivity index (χ3n) is 6.10. The molecule has 1 amide bonds. The fourth-order valence-electron chi connectivity index (χ4n) is 4.51. The van der Waals surface area contributed by atoms with Crippen LogP contribution in [0.25, 0.3) is 22.4 Å². The third-order valence-corrected chi connectivity index (χ3v) is 6.10. The van der Waals surface area contributed by atoms with Gasteiger partial charge in [-0.1, -0.05) is 43.3 Å². The van der Waals surface area contributed by atoms with Crippen LogP contribution in [0.4, 0.5) is 0 Å². The van der Waals surface area contributed by atoms with Crippen molar-refractivity contribution in [2.24, 2.45) is 5.73 Å². The molecule has 0 fully saturated rings. The number of primary amides is 1. The molecule has 0 atom stereocenters. The number of nitrogens with two attached hydrogens (primary N) is 1. The minimum atomic E-state index is -0.602. The smallest absolute Gasteiger partial charge is 0.288 e. The van der Waals surface area contributed by atoms with Crippen molar-refractivity contribution in [2.75, 3.05) is 13.6 Å². The van der Waals surface area contributed by atoms with E-state index in [0.717, 1.165) is 36.2 Å². The second-order valence-corrected chi connectivity index (χ2v) is 8.75. The lowest BCUT2D eigenvalue weighted by atomic mass is 9.88. The number of fused-ring (bicyclic) bond motifs is 1. The summed E-state index contributed by atoms with van der Waals surface area (Å²) < 4.78 is 5.48. The van der Waals surface area contributed by atoms with Crippen molar-refractivity contribution in [3.05, 3.63) is 63.9 Å². The Morgan fingerprint density at radius 2 is 1.90 bits per heavy atom. The summed E-state index contributed by atoms with van der Waals surface area (Å²) >= 11 is 0. The van der Waals surface area contributed by atoms with E-state index >= 15 is 0 Å². The molecule has 0 aliphatic carbocycles. The van der Waals surface area contributed by atoms with Crippen molar-refractivity contribution >= 4 is 5.91 Å². The van der Waals surface area contributed by atoms with Gasteiger partial charge in [-0.25, -0.2) is 0 Å². The Bertz CT molecular complexity index is 1130. The normalized spacial score (nSPS) is 14.2. The van der Waals surface area contributed by atoms with Crippen LogP contribution >= 0.6 is 0 Å². The van der Waals surface area contributed by atoms with Crippen molar-refractivity contribution < 1.29 is 9.32 Å². The SMILES string of the molecule is Cc1cc(C)c(C(C)C)cc1-c1noc(C(N)=O)c1-c1ccc2c(c1)CCN(C)C2. The van der Waals surface area contributed by atoms with Gasteiger partial charge in [0.15, 0.2) is 0 Å². The molecule has 0 bridgehead atoms. The van der Waals surface area contributed by atoms with Crippen LogP contribution in [0, 0.1) is 13.8 Å². The molecular weight excluding hydrogens is 374 g/mol. The van der Waals surface area contributed by atoms with Gasteiger partial charge < -0.3 is 15.2 Å². The zero-order chi connectivity index (χ0) is 21.6. The van der Waals surface area contributed by atoms with Gasteiger partial charge in [0.2, 0.25) is 5.76 Å². The van der Waals surface area contributed by atoms with Crippen LogP contribution in [0.2, 0.25) is 0 Å². The zero-order valence-corrected chi connectivity index (χ0v) is 18.4. The van der Waals surface area contributed by atoms with E-state index in [1.54, 1.807) is 0 Å². The summed E-state index contributed by atoms with van der Waals surface area (Å²) in [4.78, 5) is 14.5. The summed E-state index contributed by atoms with van der Waals surface area (Å²) in [6.07, 6.45) is 0.979. The molecule has 3 aromatic rings. The maximum atomic E-state index is 12.2. The summed E-state index contributed by atoms with van der Waals surface area (Å²) in [5.74, 6) is -0.102. The van der Waals surface area contributed by atoms with Crippen LogP contribution < -0.4 is 5.73 Å². The Kier molecular flexibility index (Phi) is 5.24. The maximum absolute atomic E-state index is 12.2. The first kappa shape index (κ1) is 20.4. The Hall–Kier alpha value is -2.92. The third kappa shape index (κ3) is 3.54. The maximum Gasteiger partial charge on any atom is 0.288 e.